The summed E-state index contributed by atoms with van der Waals surface area (Å²) in [6.45, 7) is 1.92. The van der Waals surface area contributed by atoms with Crippen molar-refractivity contribution >= 4 is 15.4 Å². The summed E-state index contributed by atoms with van der Waals surface area (Å²) in [5.41, 5.74) is 1.71. The van der Waals surface area contributed by atoms with E-state index in [1.54, 1.807) is 6.20 Å². The van der Waals surface area contributed by atoms with Crippen molar-refractivity contribution in [2.75, 3.05) is 11.5 Å². The van der Waals surface area contributed by atoms with Crippen LogP contribution in [0.15, 0.2) is 22.7 Å². The summed E-state index contributed by atoms with van der Waals surface area (Å²) < 4.78 is 15.9. The Hall–Kier alpha value is -0.900. The van der Waals surface area contributed by atoms with Crippen LogP contribution in [0, 0.1) is 6.92 Å². The predicted octanol–water partition coefficient (Wildman–Crippen LogP) is 1.89. The third-order valence-corrected chi connectivity index (χ3v) is 4.49. The van der Waals surface area contributed by atoms with Crippen LogP contribution in [0.3, 0.4) is 0 Å². The maximum Gasteiger partial charge on any atom is 0.0913 e. The first-order valence-electron chi connectivity index (χ1n) is 4.33. The van der Waals surface area contributed by atoms with Crippen molar-refractivity contribution in [2.24, 2.45) is 4.36 Å². The molecule has 0 amide bonds. The minimum atomic E-state index is -1.87. The quantitative estimate of drug-likeness (QED) is 0.688. The first kappa shape index (κ1) is 8.69. The number of hydrogen-bond donors (Lipinski definition) is 0. The summed E-state index contributed by atoms with van der Waals surface area (Å²) in [5, 5.41) is 0. The van der Waals surface area contributed by atoms with E-state index in [4.69, 9.17) is 0 Å². The number of aromatic nitrogens is 1. The van der Waals surface area contributed by atoms with E-state index < -0.39 is 9.73 Å². The highest BCUT2D eigenvalue weighted by Crippen LogP contribution is 2.20. The van der Waals surface area contributed by atoms with Crippen LogP contribution in [-0.2, 0) is 9.73 Å². The molecule has 2 rings (SSSR count). The minimum Gasteiger partial charge on any atom is -0.259 e. The first-order valence-corrected chi connectivity index (χ1v) is 6.18. The maximum atomic E-state index is 11.7. The lowest BCUT2D eigenvalue weighted by Crippen LogP contribution is -2.22. The Morgan fingerprint density at radius 1 is 1.46 bits per heavy atom. The molecule has 0 N–H and O–H groups in total. The van der Waals surface area contributed by atoms with Gasteiger partial charge in [-0.2, -0.15) is 4.36 Å². The molecule has 1 aromatic heterocycles. The Balaban J connectivity index is 2.32. The Kier molecular flexibility index (Phi) is 2.07. The smallest absolute Gasteiger partial charge is 0.0913 e. The molecule has 0 radical (unpaired) electrons. The summed E-state index contributed by atoms with van der Waals surface area (Å²) in [7, 11) is -1.87. The zero-order valence-electron chi connectivity index (χ0n) is 7.56. The predicted molar refractivity (Wildman–Crippen MR) is 53.6 cm³/mol. The van der Waals surface area contributed by atoms with Gasteiger partial charge in [-0.05, 0) is 25.5 Å². The first-order chi connectivity index (χ1) is 6.18. The van der Waals surface area contributed by atoms with Gasteiger partial charge in [-0.25, -0.2) is 4.21 Å². The van der Waals surface area contributed by atoms with Crippen molar-refractivity contribution in [2.45, 2.75) is 13.3 Å². The fourth-order valence-electron chi connectivity index (χ4n) is 1.19. The molecular formula is C9H12N2OS. The molecule has 0 bridgehead atoms. The molecule has 0 atom stereocenters. The second-order valence-corrected chi connectivity index (χ2v) is 5.83. The standard InChI is InChI=1S/C9H12N2OS/c1-8-3-4-9(7-10-8)11-13(12)5-2-6-13/h3-4,7H,2,5-6H2,1H3. The zero-order valence-corrected chi connectivity index (χ0v) is 8.38. The van der Waals surface area contributed by atoms with Crippen molar-refractivity contribution in [3.63, 3.8) is 0 Å². The van der Waals surface area contributed by atoms with Crippen molar-refractivity contribution in [1.82, 2.24) is 4.98 Å². The summed E-state index contributed by atoms with van der Waals surface area (Å²) in [6.07, 6.45) is 2.72. The molecule has 1 aromatic rings. The highest BCUT2D eigenvalue weighted by molar-refractivity contribution is 7.95. The molecule has 1 aliphatic heterocycles. The molecule has 1 fully saturated rings. The monoisotopic (exact) mass is 196 g/mol. The highest BCUT2D eigenvalue weighted by atomic mass is 32.2. The molecule has 1 aliphatic rings. The van der Waals surface area contributed by atoms with Gasteiger partial charge in [-0.1, -0.05) is 0 Å². The third kappa shape index (κ3) is 1.88. The largest absolute Gasteiger partial charge is 0.259 e. The molecule has 0 aliphatic carbocycles. The molecule has 0 unspecified atom stereocenters. The topological polar surface area (TPSA) is 42.3 Å². The highest BCUT2D eigenvalue weighted by Gasteiger charge is 2.18. The number of pyridine rings is 1. The molecule has 13 heavy (non-hydrogen) atoms. The van der Waals surface area contributed by atoms with Gasteiger partial charge in [-0.3, -0.25) is 4.98 Å². The number of rotatable bonds is 1. The van der Waals surface area contributed by atoms with Crippen LogP contribution in [0.2, 0.25) is 0 Å². The van der Waals surface area contributed by atoms with Gasteiger partial charge in [0.2, 0.25) is 0 Å². The second-order valence-electron chi connectivity index (χ2n) is 3.28. The Morgan fingerprint density at radius 2 is 2.23 bits per heavy atom. The number of hydrogen-bond acceptors (Lipinski definition) is 3. The van der Waals surface area contributed by atoms with Gasteiger partial charge in [0.25, 0.3) is 0 Å². The van der Waals surface area contributed by atoms with Gasteiger partial charge in [0.1, 0.15) is 0 Å². The van der Waals surface area contributed by atoms with Crippen molar-refractivity contribution in [3.8, 4) is 0 Å². The van der Waals surface area contributed by atoms with E-state index in [2.05, 4.69) is 9.35 Å². The van der Waals surface area contributed by atoms with Crippen molar-refractivity contribution < 1.29 is 4.21 Å². The Labute approximate surface area is 78.4 Å². The minimum absolute atomic E-state index is 0.746. The van der Waals surface area contributed by atoms with E-state index >= 15 is 0 Å². The van der Waals surface area contributed by atoms with E-state index in [9.17, 15) is 4.21 Å². The van der Waals surface area contributed by atoms with Gasteiger partial charge in [0.05, 0.1) is 21.6 Å². The van der Waals surface area contributed by atoms with Gasteiger partial charge in [0, 0.05) is 17.2 Å². The zero-order chi connectivity index (χ0) is 9.31. The lowest BCUT2D eigenvalue weighted by molar-refractivity contribution is 0.663. The number of nitrogens with zero attached hydrogens (tertiary/aromatic N) is 2. The van der Waals surface area contributed by atoms with Crippen LogP contribution in [0.1, 0.15) is 12.1 Å². The van der Waals surface area contributed by atoms with Gasteiger partial charge in [0.15, 0.2) is 0 Å². The van der Waals surface area contributed by atoms with Gasteiger partial charge >= 0.3 is 0 Å². The molecular weight excluding hydrogens is 184 g/mol. The molecule has 0 saturated carbocycles. The van der Waals surface area contributed by atoms with E-state index in [0.717, 1.165) is 29.3 Å². The van der Waals surface area contributed by atoms with Gasteiger partial charge in [-0.15, -0.1) is 0 Å². The van der Waals surface area contributed by atoms with E-state index in [1.165, 1.54) is 0 Å². The van der Waals surface area contributed by atoms with Crippen LogP contribution >= 0.6 is 0 Å². The number of aryl methyl sites for hydroxylation is 1. The van der Waals surface area contributed by atoms with Crippen molar-refractivity contribution in [3.05, 3.63) is 24.0 Å². The maximum absolute atomic E-state index is 11.7. The second kappa shape index (κ2) is 3.10. The van der Waals surface area contributed by atoms with Crippen LogP contribution < -0.4 is 0 Å². The summed E-state index contributed by atoms with van der Waals surface area (Å²) >= 11 is 0. The lowest BCUT2D eigenvalue weighted by atomic mass is 10.4. The Morgan fingerprint density at radius 3 is 2.69 bits per heavy atom. The van der Waals surface area contributed by atoms with Crippen LogP contribution in [0.4, 0.5) is 5.69 Å². The summed E-state index contributed by atoms with van der Waals surface area (Å²) in [6, 6.07) is 3.76. The van der Waals surface area contributed by atoms with E-state index in [0.29, 0.717) is 0 Å². The molecule has 70 valence electrons. The fraction of sp³-hybridized carbons (Fsp3) is 0.444. The van der Waals surface area contributed by atoms with Gasteiger partial charge < -0.3 is 0 Å². The molecule has 0 spiro atoms. The SMILES string of the molecule is Cc1ccc(N=S2(=O)CCC2)cn1. The Bertz CT molecular complexity index is 406. The van der Waals surface area contributed by atoms with E-state index in [1.807, 2.05) is 19.1 Å². The molecule has 4 heteroatoms. The lowest BCUT2D eigenvalue weighted by Gasteiger charge is -2.17. The third-order valence-electron chi connectivity index (χ3n) is 2.09. The molecule has 3 nitrogen and oxygen atoms in total. The summed E-state index contributed by atoms with van der Waals surface area (Å²) in [4.78, 5) is 4.10. The van der Waals surface area contributed by atoms with Crippen LogP contribution in [0.25, 0.3) is 0 Å². The normalized spacial score (nSPS) is 19.2. The molecule has 1 saturated heterocycles. The van der Waals surface area contributed by atoms with Crippen LogP contribution in [-0.4, -0.2) is 20.7 Å². The summed E-state index contributed by atoms with van der Waals surface area (Å²) in [5.74, 6) is 1.50. The van der Waals surface area contributed by atoms with E-state index in [-0.39, 0.29) is 0 Å². The molecule has 2 heterocycles. The fourth-order valence-corrected chi connectivity index (χ4v) is 2.65. The average Bonchev–Trinajstić information content (AvgIpc) is 2.06. The average molecular weight is 196 g/mol. The molecule has 0 aromatic carbocycles. The van der Waals surface area contributed by atoms with Crippen molar-refractivity contribution in [1.29, 1.82) is 0 Å². The van der Waals surface area contributed by atoms with Crippen LogP contribution in [0.5, 0.6) is 0 Å².